The largest absolute Gasteiger partial charge is 0.467 e. The third-order valence-corrected chi connectivity index (χ3v) is 5.05. The molecule has 0 radical (unpaired) electrons. The van der Waals surface area contributed by atoms with Crippen LogP contribution in [-0.4, -0.2) is 60.5 Å². The summed E-state index contributed by atoms with van der Waals surface area (Å²) in [6.07, 6.45) is -1.82. The number of thioether (sulfide) groups is 1. The van der Waals surface area contributed by atoms with Gasteiger partial charge in [0, 0.05) is 19.1 Å². The number of benzene rings is 1. The van der Waals surface area contributed by atoms with E-state index in [4.69, 9.17) is 23.7 Å². The maximum atomic E-state index is 12.8. The Labute approximate surface area is 190 Å². The molecule has 1 N–H and O–H groups in total. The van der Waals surface area contributed by atoms with Gasteiger partial charge in [0.15, 0.2) is 17.6 Å². The first-order chi connectivity index (χ1) is 15.0. The van der Waals surface area contributed by atoms with Crippen molar-refractivity contribution in [2.45, 2.75) is 51.9 Å². The molecule has 0 aliphatic carbocycles. The molecule has 0 saturated heterocycles. The van der Waals surface area contributed by atoms with E-state index >= 15 is 0 Å². The monoisotopic (exact) mass is 469 g/mol. The van der Waals surface area contributed by atoms with Gasteiger partial charge in [-0.15, -0.1) is 0 Å². The molecule has 2 atom stereocenters. The lowest BCUT2D eigenvalue weighted by atomic mass is 10.1. The number of nitrogens with one attached hydrogen (secondary N) is 1. The molecule has 0 spiro atoms. The number of carbonyl (C=O) groups is 4. The first-order valence-corrected chi connectivity index (χ1v) is 10.8. The molecule has 1 aromatic rings. The van der Waals surface area contributed by atoms with Gasteiger partial charge in [-0.25, -0.2) is 9.59 Å². The van der Waals surface area contributed by atoms with E-state index in [1.165, 1.54) is 14.0 Å². The first-order valence-electron chi connectivity index (χ1n) is 9.78. The Balaban J connectivity index is 2.03. The number of carbonyl (C=O) groups excluding carboxylic acids is 4. The van der Waals surface area contributed by atoms with Gasteiger partial charge in [0.1, 0.15) is 11.6 Å². The van der Waals surface area contributed by atoms with Crippen molar-refractivity contribution in [1.82, 2.24) is 5.32 Å². The minimum Gasteiger partial charge on any atom is -0.467 e. The molecule has 0 saturated carbocycles. The smallest absolute Gasteiger partial charge is 0.408 e. The standard InChI is InChI=1S/C21H27NO9S/c1-12(23)30-17(9-13-6-7-15-16(8-13)29-11-28-15)19(25)32-10-14(18(24)27-5)22-20(26)31-21(2,3)4/h6-8,14,17H,9-11H2,1-5H3,(H,22,26)/t14-,17?/m0/s1. The van der Waals surface area contributed by atoms with Crippen molar-refractivity contribution in [3.05, 3.63) is 23.8 Å². The molecule has 1 heterocycles. The van der Waals surface area contributed by atoms with Gasteiger partial charge < -0.3 is 29.0 Å². The van der Waals surface area contributed by atoms with Crippen molar-refractivity contribution in [2.24, 2.45) is 0 Å². The minimum atomic E-state index is -1.13. The van der Waals surface area contributed by atoms with Gasteiger partial charge in [-0.05, 0) is 38.5 Å². The fourth-order valence-electron chi connectivity index (χ4n) is 2.67. The zero-order chi connectivity index (χ0) is 23.9. The number of ether oxygens (including phenoxy) is 5. The van der Waals surface area contributed by atoms with Gasteiger partial charge in [0.2, 0.25) is 11.9 Å². The van der Waals surface area contributed by atoms with Crippen LogP contribution in [0.2, 0.25) is 0 Å². The van der Waals surface area contributed by atoms with E-state index in [2.05, 4.69) is 5.32 Å². The average molecular weight is 470 g/mol. The molecule has 0 fully saturated rings. The second-order valence-corrected chi connectivity index (χ2v) is 8.87. The second kappa shape index (κ2) is 11.1. The Kier molecular flexibility index (Phi) is 8.76. The van der Waals surface area contributed by atoms with Crippen molar-refractivity contribution >= 4 is 34.9 Å². The van der Waals surface area contributed by atoms with E-state index in [1.54, 1.807) is 39.0 Å². The topological polar surface area (TPSA) is 126 Å². The first kappa shape index (κ1) is 25.3. The summed E-state index contributed by atoms with van der Waals surface area (Å²) in [5, 5.41) is 1.90. The second-order valence-electron chi connectivity index (χ2n) is 7.84. The van der Waals surface area contributed by atoms with Crippen molar-refractivity contribution in [3.8, 4) is 11.5 Å². The molecule has 10 nitrogen and oxygen atoms in total. The number of alkyl carbamates (subject to hydrolysis) is 1. The summed E-state index contributed by atoms with van der Waals surface area (Å²) in [6, 6.07) is 4.02. The predicted octanol–water partition coefficient (Wildman–Crippen LogP) is 2.22. The molecule has 2 rings (SSSR count). The van der Waals surface area contributed by atoms with Crippen molar-refractivity contribution in [2.75, 3.05) is 19.7 Å². The van der Waals surface area contributed by atoms with Gasteiger partial charge in [-0.3, -0.25) is 9.59 Å². The number of amides is 1. The zero-order valence-corrected chi connectivity index (χ0v) is 19.4. The summed E-state index contributed by atoms with van der Waals surface area (Å²) in [5.41, 5.74) is -0.0653. The summed E-state index contributed by atoms with van der Waals surface area (Å²) < 4.78 is 25.6. The van der Waals surface area contributed by atoms with Gasteiger partial charge >= 0.3 is 18.0 Å². The highest BCUT2D eigenvalue weighted by Gasteiger charge is 2.29. The molecule has 0 bridgehead atoms. The maximum absolute atomic E-state index is 12.8. The lowest BCUT2D eigenvalue weighted by Gasteiger charge is -2.22. The summed E-state index contributed by atoms with van der Waals surface area (Å²) in [6.45, 7) is 6.35. The van der Waals surface area contributed by atoms with Crippen LogP contribution >= 0.6 is 11.8 Å². The third kappa shape index (κ3) is 7.95. The van der Waals surface area contributed by atoms with Gasteiger partial charge in [0.05, 0.1) is 7.11 Å². The Bertz CT molecular complexity index is 865. The quantitative estimate of drug-likeness (QED) is 0.447. The Morgan fingerprint density at radius 3 is 2.47 bits per heavy atom. The Morgan fingerprint density at radius 1 is 1.16 bits per heavy atom. The molecule has 1 aliphatic heterocycles. The highest BCUT2D eigenvalue weighted by Crippen LogP contribution is 2.33. The van der Waals surface area contributed by atoms with Crippen molar-refractivity contribution in [1.29, 1.82) is 0 Å². The van der Waals surface area contributed by atoms with E-state index in [1.807, 2.05) is 0 Å². The number of hydrogen-bond donors (Lipinski definition) is 1. The van der Waals surface area contributed by atoms with Crippen molar-refractivity contribution < 1.29 is 42.9 Å². The molecule has 1 amide bonds. The average Bonchev–Trinajstić information content (AvgIpc) is 3.15. The Hall–Kier alpha value is -2.95. The van der Waals surface area contributed by atoms with Crippen LogP contribution in [0.15, 0.2) is 18.2 Å². The molecule has 1 aliphatic rings. The lowest BCUT2D eigenvalue weighted by molar-refractivity contribution is -0.150. The fraction of sp³-hybridized carbons (Fsp3) is 0.524. The molecule has 32 heavy (non-hydrogen) atoms. The van der Waals surface area contributed by atoms with Gasteiger partial charge in [0.25, 0.3) is 0 Å². The minimum absolute atomic E-state index is 0.102. The van der Waals surface area contributed by atoms with E-state index in [-0.39, 0.29) is 19.0 Å². The highest BCUT2D eigenvalue weighted by atomic mass is 32.2. The summed E-state index contributed by atoms with van der Waals surface area (Å²) in [4.78, 5) is 48.4. The highest BCUT2D eigenvalue weighted by molar-refractivity contribution is 8.13. The number of methoxy groups -OCH3 is 1. The molecule has 0 aromatic heterocycles. The van der Waals surface area contributed by atoms with Crippen LogP contribution in [-0.2, 0) is 35.0 Å². The SMILES string of the molecule is COC(=O)[C@H](CSC(=O)C(Cc1ccc2c(c1)OCO2)OC(C)=O)NC(=O)OC(C)(C)C. The third-order valence-electron chi connectivity index (χ3n) is 4.00. The van der Waals surface area contributed by atoms with E-state index in [0.29, 0.717) is 17.1 Å². The van der Waals surface area contributed by atoms with E-state index in [0.717, 1.165) is 11.8 Å². The van der Waals surface area contributed by atoms with Crippen LogP contribution in [0.1, 0.15) is 33.3 Å². The fourth-order valence-corrected chi connectivity index (χ4v) is 3.54. The van der Waals surface area contributed by atoms with Crippen LogP contribution in [0, 0.1) is 0 Å². The predicted molar refractivity (Wildman–Crippen MR) is 114 cm³/mol. The molecule has 176 valence electrons. The zero-order valence-electron chi connectivity index (χ0n) is 18.6. The Morgan fingerprint density at radius 2 is 1.84 bits per heavy atom. The molecule has 1 unspecified atom stereocenters. The normalized spacial score (nSPS) is 14.2. The molecule has 11 heteroatoms. The van der Waals surface area contributed by atoms with E-state index in [9.17, 15) is 19.2 Å². The van der Waals surface area contributed by atoms with Crippen LogP contribution in [0.4, 0.5) is 4.79 Å². The molecular weight excluding hydrogens is 442 g/mol. The summed E-state index contributed by atoms with van der Waals surface area (Å²) in [5.74, 6) is -0.370. The number of hydrogen-bond acceptors (Lipinski definition) is 10. The van der Waals surface area contributed by atoms with Gasteiger partial charge in [-0.2, -0.15) is 0 Å². The van der Waals surface area contributed by atoms with E-state index < -0.39 is 40.9 Å². The van der Waals surface area contributed by atoms with Crippen LogP contribution < -0.4 is 14.8 Å². The lowest BCUT2D eigenvalue weighted by Crippen LogP contribution is -2.46. The number of fused-ring (bicyclic) bond motifs is 1. The van der Waals surface area contributed by atoms with Crippen LogP contribution in [0.5, 0.6) is 11.5 Å². The molecular formula is C21H27NO9S. The van der Waals surface area contributed by atoms with Crippen molar-refractivity contribution in [3.63, 3.8) is 0 Å². The van der Waals surface area contributed by atoms with Gasteiger partial charge in [-0.1, -0.05) is 17.8 Å². The number of rotatable bonds is 8. The maximum Gasteiger partial charge on any atom is 0.408 e. The number of esters is 2. The molecule has 1 aromatic carbocycles. The summed E-state index contributed by atoms with van der Waals surface area (Å²) >= 11 is 0.740. The van der Waals surface area contributed by atoms with Crippen LogP contribution in [0.25, 0.3) is 0 Å². The van der Waals surface area contributed by atoms with Crippen LogP contribution in [0.3, 0.4) is 0 Å². The summed E-state index contributed by atoms with van der Waals surface area (Å²) in [7, 11) is 1.17.